The van der Waals surface area contributed by atoms with E-state index in [0.29, 0.717) is 23.7 Å². The molecule has 3 aromatic rings. The lowest BCUT2D eigenvalue weighted by Crippen LogP contribution is -2.04. The summed E-state index contributed by atoms with van der Waals surface area (Å²) in [4.78, 5) is 8.60. The van der Waals surface area contributed by atoms with Gasteiger partial charge in [-0.3, -0.25) is 4.68 Å². The average Bonchev–Trinajstić information content (AvgIpc) is 3.37. The van der Waals surface area contributed by atoms with Crippen molar-refractivity contribution in [2.45, 2.75) is 20.4 Å². The van der Waals surface area contributed by atoms with Gasteiger partial charge in [0.15, 0.2) is 23.2 Å². The van der Waals surface area contributed by atoms with Gasteiger partial charge < -0.3 is 4.52 Å². The topological polar surface area (TPSA) is 69.6 Å². The van der Waals surface area contributed by atoms with E-state index in [0.717, 1.165) is 22.9 Å². The molecule has 3 heterocycles. The van der Waals surface area contributed by atoms with Gasteiger partial charge in [0, 0.05) is 11.6 Å². The van der Waals surface area contributed by atoms with Crippen LogP contribution in [0.25, 0.3) is 34.0 Å². The van der Waals surface area contributed by atoms with Crippen LogP contribution in [-0.2, 0) is 6.54 Å². The summed E-state index contributed by atoms with van der Waals surface area (Å²) in [5.41, 5.74) is 5.09. The molecule has 0 spiro atoms. The largest absolute Gasteiger partial charge is 0.359 e. The monoisotopic (exact) mass is 417 g/mol. The van der Waals surface area contributed by atoms with E-state index in [2.05, 4.69) is 26.3 Å². The Morgan fingerprint density at radius 3 is 2.61 bits per heavy atom. The average molecular weight is 417 g/mol. The SMILES string of the molecule is Cc1ccc(-c2cc(Cn3cc4nc(-c5cccc(F)c5F)nc-4cn3)on2)c(C)c1. The fourth-order valence-electron chi connectivity index (χ4n) is 3.52. The highest BCUT2D eigenvalue weighted by molar-refractivity contribution is 5.66. The van der Waals surface area contributed by atoms with Crippen LogP contribution >= 0.6 is 0 Å². The first-order valence-electron chi connectivity index (χ1n) is 9.66. The molecule has 0 radical (unpaired) electrons. The molecular weight excluding hydrogens is 400 g/mol. The van der Waals surface area contributed by atoms with Crippen LogP contribution in [0.15, 0.2) is 59.4 Å². The van der Waals surface area contributed by atoms with Crippen LogP contribution in [0, 0.1) is 25.5 Å². The van der Waals surface area contributed by atoms with Crippen molar-refractivity contribution in [1.29, 1.82) is 0 Å². The summed E-state index contributed by atoms with van der Waals surface area (Å²) < 4.78 is 34.7. The predicted octanol–water partition coefficient (Wildman–Crippen LogP) is 5.04. The Kier molecular flexibility index (Phi) is 4.54. The minimum atomic E-state index is -0.973. The number of aryl methyl sites for hydroxylation is 2. The molecule has 0 atom stereocenters. The number of nitrogens with zero attached hydrogens (tertiary/aromatic N) is 5. The molecule has 1 aromatic heterocycles. The lowest BCUT2D eigenvalue weighted by Gasteiger charge is -2.03. The van der Waals surface area contributed by atoms with Crippen LogP contribution in [0.2, 0.25) is 0 Å². The van der Waals surface area contributed by atoms with Crippen molar-refractivity contribution in [3.05, 3.63) is 83.4 Å². The first-order chi connectivity index (χ1) is 15.0. The van der Waals surface area contributed by atoms with Gasteiger partial charge >= 0.3 is 0 Å². The first-order valence-corrected chi connectivity index (χ1v) is 9.66. The summed E-state index contributed by atoms with van der Waals surface area (Å²) in [5, 5.41) is 8.49. The molecule has 0 N–H and O–H groups in total. The van der Waals surface area contributed by atoms with Crippen molar-refractivity contribution < 1.29 is 13.3 Å². The molecule has 0 aliphatic carbocycles. The molecule has 154 valence electrons. The van der Waals surface area contributed by atoms with Gasteiger partial charge in [-0.15, -0.1) is 0 Å². The lowest BCUT2D eigenvalue weighted by atomic mass is 10.0. The number of hydrogen-bond acceptors (Lipinski definition) is 5. The summed E-state index contributed by atoms with van der Waals surface area (Å²) >= 11 is 0. The van der Waals surface area contributed by atoms with E-state index < -0.39 is 11.6 Å². The van der Waals surface area contributed by atoms with Crippen molar-refractivity contribution in [2.24, 2.45) is 0 Å². The maximum absolute atomic E-state index is 14.1. The van der Waals surface area contributed by atoms with Crippen LogP contribution < -0.4 is 0 Å². The molecule has 0 unspecified atom stereocenters. The summed E-state index contributed by atoms with van der Waals surface area (Å²) in [5.74, 6) is -1.17. The Bertz CT molecular complexity index is 1370. The molecule has 31 heavy (non-hydrogen) atoms. The van der Waals surface area contributed by atoms with Gasteiger partial charge in [0.1, 0.15) is 23.6 Å². The highest BCUT2D eigenvalue weighted by Crippen LogP contribution is 2.27. The van der Waals surface area contributed by atoms with Gasteiger partial charge in [0.2, 0.25) is 0 Å². The maximum atomic E-state index is 14.1. The zero-order valence-electron chi connectivity index (χ0n) is 16.8. The van der Waals surface area contributed by atoms with Gasteiger partial charge in [-0.05, 0) is 31.5 Å². The second kappa shape index (κ2) is 7.39. The molecule has 0 bridgehead atoms. The zero-order chi connectivity index (χ0) is 21.5. The van der Waals surface area contributed by atoms with Crippen molar-refractivity contribution in [3.63, 3.8) is 0 Å². The standard InChI is InChI=1S/C23H17F2N5O/c1-13-6-7-16(14(2)8-13)19-9-15(31-29-19)11-30-12-21-20(10-26-30)27-23(28-21)17-4-3-5-18(24)22(17)25/h3-10,12H,11H2,1-2H3. The molecule has 8 heteroatoms. The third-order valence-corrected chi connectivity index (χ3v) is 5.04. The second-order valence-corrected chi connectivity index (χ2v) is 7.39. The smallest absolute Gasteiger partial charge is 0.169 e. The van der Waals surface area contributed by atoms with E-state index >= 15 is 0 Å². The van der Waals surface area contributed by atoms with E-state index in [1.54, 1.807) is 10.9 Å². The fourth-order valence-corrected chi connectivity index (χ4v) is 3.52. The Morgan fingerprint density at radius 1 is 0.935 bits per heavy atom. The Labute approximate surface area is 176 Å². The minimum absolute atomic E-state index is 0.0103. The minimum Gasteiger partial charge on any atom is -0.359 e. The maximum Gasteiger partial charge on any atom is 0.169 e. The lowest BCUT2D eigenvalue weighted by molar-refractivity contribution is 0.372. The quantitative estimate of drug-likeness (QED) is 0.410. The van der Waals surface area contributed by atoms with E-state index in [9.17, 15) is 8.78 Å². The zero-order valence-corrected chi connectivity index (χ0v) is 16.8. The number of fused-ring (bicyclic) bond motifs is 1. The summed E-state index contributed by atoms with van der Waals surface area (Å²) in [6.45, 7) is 4.42. The van der Waals surface area contributed by atoms with Crippen LogP contribution in [0.3, 0.4) is 0 Å². The highest BCUT2D eigenvalue weighted by atomic mass is 19.2. The number of aromatic nitrogens is 5. The van der Waals surface area contributed by atoms with E-state index in [-0.39, 0.29) is 11.4 Å². The van der Waals surface area contributed by atoms with Crippen molar-refractivity contribution in [1.82, 2.24) is 24.9 Å². The van der Waals surface area contributed by atoms with Crippen LogP contribution in [0.5, 0.6) is 0 Å². The normalized spacial score (nSPS) is 11.4. The molecule has 0 fully saturated rings. The Morgan fingerprint density at radius 2 is 1.77 bits per heavy atom. The molecular formula is C23H17F2N5O. The van der Waals surface area contributed by atoms with E-state index in [1.165, 1.54) is 23.9 Å². The molecule has 6 nitrogen and oxygen atoms in total. The number of benzene rings is 2. The first kappa shape index (κ1) is 19.0. The molecule has 0 saturated carbocycles. The Balaban J connectivity index is 1.42. The Hall–Kier alpha value is -3.94. The van der Waals surface area contributed by atoms with Crippen LogP contribution in [0.4, 0.5) is 8.78 Å². The van der Waals surface area contributed by atoms with Gasteiger partial charge in [-0.1, -0.05) is 35.0 Å². The van der Waals surface area contributed by atoms with Crippen molar-refractivity contribution >= 4 is 0 Å². The molecule has 2 aromatic carbocycles. The fraction of sp³-hybridized carbons (Fsp3) is 0.130. The third-order valence-electron chi connectivity index (χ3n) is 5.04. The molecule has 0 amide bonds. The van der Waals surface area contributed by atoms with Gasteiger partial charge in [-0.2, -0.15) is 5.10 Å². The molecule has 2 aliphatic heterocycles. The number of imidazole rings is 1. The van der Waals surface area contributed by atoms with Gasteiger partial charge in [0.25, 0.3) is 0 Å². The highest BCUT2D eigenvalue weighted by Gasteiger charge is 2.18. The summed E-state index contributed by atoms with van der Waals surface area (Å²) in [6.07, 6.45) is 3.22. The number of hydrogen-bond donors (Lipinski definition) is 0. The van der Waals surface area contributed by atoms with Crippen molar-refractivity contribution in [2.75, 3.05) is 0 Å². The van der Waals surface area contributed by atoms with Crippen LogP contribution in [0.1, 0.15) is 16.9 Å². The van der Waals surface area contributed by atoms with Gasteiger partial charge in [0.05, 0.1) is 18.0 Å². The van der Waals surface area contributed by atoms with Gasteiger partial charge in [-0.25, -0.2) is 18.7 Å². The second-order valence-electron chi connectivity index (χ2n) is 7.39. The molecule has 5 rings (SSSR count). The summed E-state index contributed by atoms with van der Waals surface area (Å²) in [7, 11) is 0. The van der Waals surface area contributed by atoms with E-state index in [1.807, 2.05) is 32.0 Å². The van der Waals surface area contributed by atoms with Crippen molar-refractivity contribution in [3.8, 4) is 34.0 Å². The predicted molar refractivity (Wildman–Crippen MR) is 110 cm³/mol. The summed E-state index contributed by atoms with van der Waals surface area (Å²) in [6, 6.07) is 12.0. The van der Waals surface area contributed by atoms with Crippen LogP contribution in [-0.4, -0.2) is 24.9 Å². The third kappa shape index (κ3) is 3.56. The number of halogens is 2. The number of rotatable bonds is 4. The molecule has 2 aliphatic rings. The van der Waals surface area contributed by atoms with E-state index in [4.69, 9.17) is 4.52 Å². The molecule has 0 saturated heterocycles.